The van der Waals surface area contributed by atoms with Crippen LogP contribution in [0.15, 0.2) is 24.3 Å². The summed E-state index contributed by atoms with van der Waals surface area (Å²) in [7, 11) is 1.72. The minimum Gasteiger partial charge on any atom is -0.496 e. The molecule has 0 bridgehead atoms. The molecule has 0 aliphatic carbocycles. The number of benzene rings is 1. The monoisotopic (exact) mass is 277 g/mol. The topological polar surface area (TPSA) is 39.7 Å². The van der Waals surface area contributed by atoms with Crippen molar-refractivity contribution in [2.75, 3.05) is 26.9 Å². The van der Waals surface area contributed by atoms with Crippen molar-refractivity contribution in [2.24, 2.45) is 0 Å². The number of methoxy groups -OCH3 is 1. The normalized spacial score (nSPS) is 29.8. The first-order valence-corrected chi connectivity index (χ1v) is 7.38. The summed E-state index contributed by atoms with van der Waals surface area (Å²) in [4.78, 5) is 0. The van der Waals surface area contributed by atoms with Crippen molar-refractivity contribution < 1.29 is 14.2 Å². The van der Waals surface area contributed by atoms with E-state index >= 15 is 0 Å². The molecule has 2 aliphatic rings. The molecule has 0 radical (unpaired) electrons. The van der Waals surface area contributed by atoms with E-state index in [2.05, 4.69) is 17.4 Å². The predicted molar refractivity (Wildman–Crippen MR) is 77.0 cm³/mol. The lowest BCUT2D eigenvalue weighted by atomic mass is 9.89. The van der Waals surface area contributed by atoms with Crippen LogP contribution in [0.4, 0.5) is 0 Å². The Kier molecular flexibility index (Phi) is 4.24. The van der Waals surface area contributed by atoms with Gasteiger partial charge in [-0.15, -0.1) is 0 Å². The van der Waals surface area contributed by atoms with E-state index in [1.807, 2.05) is 12.1 Å². The highest BCUT2D eigenvalue weighted by atomic mass is 16.6. The molecule has 0 aromatic heterocycles. The van der Waals surface area contributed by atoms with E-state index in [4.69, 9.17) is 14.2 Å². The van der Waals surface area contributed by atoms with Gasteiger partial charge < -0.3 is 19.5 Å². The summed E-state index contributed by atoms with van der Waals surface area (Å²) in [6.07, 6.45) is 3.14. The second-order valence-corrected chi connectivity index (χ2v) is 5.72. The van der Waals surface area contributed by atoms with Crippen molar-refractivity contribution in [1.82, 2.24) is 5.32 Å². The van der Waals surface area contributed by atoms with E-state index in [1.54, 1.807) is 7.11 Å². The van der Waals surface area contributed by atoms with E-state index < -0.39 is 0 Å². The highest BCUT2D eigenvalue weighted by Gasteiger charge is 2.40. The van der Waals surface area contributed by atoms with Gasteiger partial charge in [-0.3, -0.25) is 0 Å². The molecule has 4 heteroatoms. The first-order chi connectivity index (χ1) is 9.81. The Morgan fingerprint density at radius 1 is 1.35 bits per heavy atom. The predicted octanol–water partition coefficient (Wildman–Crippen LogP) is 2.12. The Morgan fingerprint density at radius 2 is 2.25 bits per heavy atom. The molecule has 1 N–H and O–H groups in total. The van der Waals surface area contributed by atoms with Crippen LogP contribution in [-0.2, 0) is 16.0 Å². The first kappa shape index (κ1) is 13.9. The quantitative estimate of drug-likeness (QED) is 0.915. The van der Waals surface area contributed by atoms with Crippen LogP contribution < -0.4 is 10.1 Å². The van der Waals surface area contributed by atoms with Crippen LogP contribution >= 0.6 is 0 Å². The molecule has 2 saturated heterocycles. The van der Waals surface area contributed by atoms with Crippen molar-refractivity contribution >= 4 is 0 Å². The van der Waals surface area contributed by atoms with Crippen LogP contribution in [0.5, 0.6) is 5.75 Å². The lowest BCUT2D eigenvalue weighted by Gasteiger charge is -2.37. The third-order valence-corrected chi connectivity index (χ3v) is 4.33. The van der Waals surface area contributed by atoms with Crippen LogP contribution in [0.2, 0.25) is 0 Å². The standard InChI is InChI=1S/C16H23NO3/c1-18-15-5-3-2-4-13(15)11-17-14-6-8-20-16(10-14)7-9-19-12-16/h2-5,14,17H,6-12H2,1H3. The molecule has 4 nitrogen and oxygen atoms in total. The van der Waals surface area contributed by atoms with Crippen LogP contribution in [0.1, 0.15) is 24.8 Å². The summed E-state index contributed by atoms with van der Waals surface area (Å²) < 4.78 is 16.9. The summed E-state index contributed by atoms with van der Waals surface area (Å²) in [6, 6.07) is 8.67. The zero-order valence-electron chi connectivity index (χ0n) is 12.1. The Morgan fingerprint density at radius 3 is 3.05 bits per heavy atom. The summed E-state index contributed by atoms with van der Waals surface area (Å²) >= 11 is 0. The lowest BCUT2D eigenvalue weighted by Crippen LogP contribution is -2.47. The molecule has 0 amide bonds. The van der Waals surface area contributed by atoms with Gasteiger partial charge in [0.1, 0.15) is 5.75 Å². The largest absolute Gasteiger partial charge is 0.496 e. The van der Waals surface area contributed by atoms with Gasteiger partial charge in [-0.05, 0) is 18.9 Å². The molecule has 2 aliphatic heterocycles. The minimum atomic E-state index is -0.0311. The van der Waals surface area contributed by atoms with Gasteiger partial charge in [0.15, 0.2) is 0 Å². The summed E-state index contributed by atoms with van der Waals surface area (Å²) in [5, 5.41) is 3.65. The average molecular weight is 277 g/mol. The third kappa shape index (κ3) is 2.97. The maximum absolute atomic E-state index is 5.96. The molecule has 20 heavy (non-hydrogen) atoms. The number of hydrogen-bond donors (Lipinski definition) is 1. The zero-order valence-corrected chi connectivity index (χ0v) is 12.1. The van der Waals surface area contributed by atoms with E-state index in [1.165, 1.54) is 5.56 Å². The summed E-state index contributed by atoms with van der Waals surface area (Å²) in [5.74, 6) is 0.950. The first-order valence-electron chi connectivity index (χ1n) is 7.38. The fourth-order valence-electron chi connectivity index (χ4n) is 3.17. The second kappa shape index (κ2) is 6.12. The third-order valence-electron chi connectivity index (χ3n) is 4.33. The smallest absolute Gasteiger partial charge is 0.123 e. The number of para-hydroxylation sites is 1. The van der Waals surface area contributed by atoms with Gasteiger partial charge in [-0.25, -0.2) is 0 Å². The number of rotatable bonds is 4. The van der Waals surface area contributed by atoms with Crippen molar-refractivity contribution in [3.63, 3.8) is 0 Å². The van der Waals surface area contributed by atoms with Gasteiger partial charge in [0.05, 0.1) is 19.3 Å². The fourth-order valence-corrected chi connectivity index (χ4v) is 3.17. The van der Waals surface area contributed by atoms with Gasteiger partial charge in [0.2, 0.25) is 0 Å². The second-order valence-electron chi connectivity index (χ2n) is 5.72. The summed E-state index contributed by atoms with van der Waals surface area (Å²) in [6.45, 7) is 3.25. The molecule has 2 atom stereocenters. The van der Waals surface area contributed by atoms with Crippen LogP contribution in [0.3, 0.4) is 0 Å². The maximum atomic E-state index is 5.96. The van der Waals surface area contributed by atoms with Gasteiger partial charge in [0.25, 0.3) is 0 Å². The van der Waals surface area contributed by atoms with E-state index in [-0.39, 0.29) is 5.60 Å². The molecule has 2 unspecified atom stereocenters. The molecule has 110 valence electrons. The minimum absolute atomic E-state index is 0.0311. The van der Waals surface area contributed by atoms with E-state index in [0.29, 0.717) is 6.04 Å². The summed E-state index contributed by atoms with van der Waals surface area (Å²) in [5.41, 5.74) is 1.18. The zero-order chi connectivity index (χ0) is 13.8. The molecule has 3 rings (SSSR count). The number of nitrogens with one attached hydrogen (secondary N) is 1. The molecule has 2 heterocycles. The maximum Gasteiger partial charge on any atom is 0.123 e. The van der Waals surface area contributed by atoms with Gasteiger partial charge >= 0.3 is 0 Å². The number of hydrogen-bond acceptors (Lipinski definition) is 4. The highest BCUT2D eigenvalue weighted by molar-refractivity contribution is 5.33. The van der Waals surface area contributed by atoms with Crippen molar-refractivity contribution in [3.8, 4) is 5.75 Å². The van der Waals surface area contributed by atoms with Crippen molar-refractivity contribution in [1.29, 1.82) is 0 Å². The average Bonchev–Trinajstić information content (AvgIpc) is 2.93. The molecule has 1 spiro atoms. The van der Waals surface area contributed by atoms with Crippen LogP contribution in [-0.4, -0.2) is 38.6 Å². The SMILES string of the molecule is COc1ccccc1CNC1CCOC2(CCOC2)C1. The van der Waals surface area contributed by atoms with Crippen molar-refractivity contribution in [2.45, 2.75) is 37.5 Å². The molecule has 1 aromatic carbocycles. The Labute approximate surface area is 120 Å². The van der Waals surface area contributed by atoms with Gasteiger partial charge in [-0.2, -0.15) is 0 Å². The van der Waals surface area contributed by atoms with E-state index in [9.17, 15) is 0 Å². The Balaban J connectivity index is 1.58. The van der Waals surface area contributed by atoms with Crippen molar-refractivity contribution in [3.05, 3.63) is 29.8 Å². The Bertz CT molecular complexity index is 443. The molecular weight excluding hydrogens is 254 g/mol. The lowest BCUT2D eigenvalue weighted by molar-refractivity contribution is -0.0894. The molecule has 1 aromatic rings. The fraction of sp³-hybridized carbons (Fsp3) is 0.625. The van der Waals surface area contributed by atoms with Crippen LogP contribution in [0.25, 0.3) is 0 Å². The van der Waals surface area contributed by atoms with Crippen LogP contribution in [0, 0.1) is 0 Å². The molecule has 0 saturated carbocycles. The molecular formula is C16H23NO3. The van der Waals surface area contributed by atoms with E-state index in [0.717, 1.165) is 51.4 Å². The molecule has 2 fully saturated rings. The van der Waals surface area contributed by atoms with Gasteiger partial charge in [0, 0.05) is 37.8 Å². The number of ether oxygens (including phenoxy) is 3. The van der Waals surface area contributed by atoms with Gasteiger partial charge in [-0.1, -0.05) is 18.2 Å². The highest BCUT2D eigenvalue weighted by Crippen LogP contribution is 2.33. The Hall–Kier alpha value is -1.10.